The number of hydrogen-bond donors (Lipinski definition) is 3. The third kappa shape index (κ3) is 3.99. The molecule has 1 aliphatic carbocycles. The Morgan fingerprint density at radius 3 is 2.80 bits per heavy atom. The summed E-state index contributed by atoms with van der Waals surface area (Å²) in [5.41, 5.74) is 3.21. The standard InChI is InChI=1S/C20H25N3O2/c1-13(2)17(15-7-5-9-21-11-15)12-22-20(25)23-19-16-8-4-3-6-14(16)10-18(19)24/h3-9,11,13,17-19,24H,10,12H2,1-2H3,(H2,22,23,25)/t17?,18-,19+/m0/s1. The number of benzene rings is 1. The predicted molar refractivity (Wildman–Crippen MR) is 97.2 cm³/mol. The zero-order chi connectivity index (χ0) is 17.8. The Morgan fingerprint density at radius 2 is 2.08 bits per heavy atom. The maximum atomic E-state index is 12.4. The lowest BCUT2D eigenvalue weighted by molar-refractivity contribution is 0.142. The smallest absolute Gasteiger partial charge is 0.315 e. The zero-order valence-corrected chi connectivity index (χ0v) is 14.6. The molecule has 0 spiro atoms. The van der Waals surface area contributed by atoms with E-state index in [1.165, 1.54) is 0 Å². The van der Waals surface area contributed by atoms with E-state index in [1.54, 1.807) is 6.20 Å². The minimum atomic E-state index is -0.581. The van der Waals surface area contributed by atoms with Crippen LogP contribution in [0.25, 0.3) is 0 Å². The van der Waals surface area contributed by atoms with Crippen molar-refractivity contribution in [3.05, 3.63) is 65.5 Å². The second-order valence-corrected chi connectivity index (χ2v) is 6.94. The largest absolute Gasteiger partial charge is 0.390 e. The molecule has 5 heteroatoms. The number of fused-ring (bicyclic) bond motifs is 1. The Bertz CT molecular complexity index is 718. The lowest BCUT2D eigenvalue weighted by atomic mass is 9.89. The molecular weight excluding hydrogens is 314 g/mol. The average molecular weight is 339 g/mol. The van der Waals surface area contributed by atoms with Crippen LogP contribution >= 0.6 is 0 Å². The maximum absolute atomic E-state index is 12.4. The van der Waals surface area contributed by atoms with E-state index in [2.05, 4.69) is 29.5 Å². The second-order valence-electron chi connectivity index (χ2n) is 6.94. The first kappa shape index (κ1) is 17.4. The molecule has 1 aromatic carbocycles. The van der Waals surface area contributed by atoms with Gasteiger partial charge in [-0.3, -0.25) is 4.98 Å². The molecule has 3 N–H and O–H groups in total. The van der Waals surface area contributed by atoms with E-state index >= 15 is 0 Å². The van der Waals surface area contributed by atoms with E-state index in [0.717, 1.165) is 16.7 Å². The van der Waals surface area contributed by atoms with Crippen molar-refractivity contribution < 1.29 is 9.90 Å². The van der Waals surface area contributed by atoms with E-state index in [-0.39, 0.29) is 18.0 Å². The summed E-state index contributed by atoms with van der Waals surface area (Å²) in [4.78, 5) is 16.5. The molecule has 3 atom stereocenters. The Morgan fingerprint density at radius 1 is 1.28 bits per heavy atom. The van der Waals surface area contributed by atoms with Crippen molar-refractivity contribution in [3.63, 3.8) is 0 Å². The fraction of sp³-hybridized carbons (Fsp3) is 0.400. The van der Waals surface area contributed by atoms with Crippen molar-refractivity contribution in [2.75, 3.05) is 6.54 Å². The van der Waals surface area contributed by atoms with Crippen LogP contribution in [-0.2, 0) is 6.42 Å². The number of carbonyl (C=O) groups excluding carboxylic acids is 1. The second kappa shape index (κ2) is 7.66. The number of pyridine rings is 1. The van der Waals surface area contributed by atoms with Crippen LogP contribution < -0.4 is 10.6 Å². The number of amides is 2. The number of nitrogens with zero attached hydrogens (tertiary/aromatic N) is 1. The molecule has 1 heterocycles. The molecule has 0 saturated carbocycles. The van der Waals surface area contributed by atoms with Crippen molar-refractivity contribution in [3.8, 4) is 0 Å². The van der Waals surface area contributed by atoms with Gasteiger partial charge in [-0.1, -0.05) is 44.2 Å². The lowest BCUT2D eigenvalue weighted by Crippen LogP contribution is -2.42. The Balaban J connectivity index is 1.61. The normalized spacial score (nSPS) is 20.2. The van der Waals surface area contributed by atoms with Crippen molar-refractivity contribution in [1.29, 1.82) is 0 Å². The first-order chi connectivity index (χ1) is 12.1. The predicted octanol–water partition coefficient (Wildman–Crippen LogP) is 2.78. The highest BCUT2D eigenvalue weighted by molar-refractivity contribution is 5.75. The first-order valence-electron chi connectivity index (χ1n) is 8.76. The maximum Gasteiger partial charge on any atom is 0.315 e. The Hall–Kier alpha value is -2.40. The molecule has 1 aliphatic rings. The quantitative estimate of drug-likeness (QED) is 0.784. The van der Waals surface area contributed by atoms with Crippen LogP contribution in [0, 0.1) is 5.92 Å². The van der Waals surface area contributed by atoms with Gasteiger partial charge in [-0.05, 0) is 28.7 Å². The summed E-state index contributed by atoms with van der Waals surface area (Å²) in [7, 11) is 0. The minimum absolute atomic E-state index is 0.195. The summed E-state index contributed by atoms with van der Waals surface area (Å²) in [6.07, 6.45) is 3.59. The molecule has 1 aromatic heterocycles. The summed E-state index contributed by atoms with van der Waals surface area (Å²) in [5, 5.41) is 16.1. The topological polar surface area (TPSA) is 74.2 Å². The van der Waals surface area contributed by atoms with E-state index in [4.69, 9.17) is 0 Å². The highest BCUT2D eigenvalue weighted by Gasteiger charge is 2.32. The van der Waals surface area contributed by atoms with E-state index in [9.17, 15) is 9.90 Å². The van der Waals surface area contributed by atoms with E-state index in [1.807, 2.05) is 42.6 Å². The summed E-state index contributed by atoms with van der Waals surface area (Å²) in [5.74, 6) is 0.572. The number of nitrogens with one attached hydrogen (secondary N) is 2. The first-order valence-corrected chi connectivity index (χ1v) is 8.76. The van der Waals surface area contributed by atoms with Gasteiger partial charge in [0, 0.05) is 31.3 Å². The molecule has 5 nitrogen and oxygen atoms in total. The average Bonchev–Trinajstić information content (AvgIpc) is 2.91. The van der Waals surface area contributed by atoms with Crippen molar-refractivity contribution >= 4 is 6.03 Å². The molecule has 0 saturated heterocycles. The molecular formula is C20H25N3O2. The molecule has 0 bridgehead atoms. The highest BCUT2D eigenvalue weighted by atomic mass is 16.3. The summed E-state index contributed by atoms with van der Waals surface area (Å²) in [6.45, 7) is 4.79. The molecule has 132 valence electrons. The van der Waals surface area contributed by atoms with Gasteiger partial charge < -0.3 is 15.7 Å². The van der Waals surface area contributed by atoms with E-state index in [0.29, 0.717) is 18.9 Å². The van der Waals surface area contributed by atoms with Crippen LogP contribution in [0.2, 0.25) is 0 Å². The third-order valence-electron chi connectivity index (χ3n) is 4.89. The van der Waals surface area contributed by atoms with Crippen LogP contribution in [0.4, 0.5) is 4.79 Å². The third-order valence-corrected chi connectivity index (χ3v) is 4.89. The fourth-order valence-electron chi connectivity index (χ4n) is 3.48. The highest BCUT2D eigenvalue weighted by Crippen LogP contribution is 2.31. The summed E-state index contributed by atoms with van der Waals surface area (Å²) >= 11 is 0. The van der Waals surface area contributed by atoms with Gasteiger partial charge in [0.05, 0.1) is 12.1 Å². The number of hydrogen-bond acceptors (Lipinski definition) is 3. The van der Waals surface area contributed by atoms with E-state index < -0.39 is 6.10 Å². The number of aliphatic hydroxyl groups is 1. The van der Waals surface area contributed by atoms with Crippen LogP contribution in [0.3, 0.4) is 0 Å². The van der Waals surface area contributed by atoms with Gasteiger partial charge in [0.2, 0.25) is 0 Å². The molecule has 0 aliphatic heterocycles. The fourth-order valence-corrected chi connectivity index (χ4v) is 3.48. The Kier molecular flexibility index (Phi) is 5.34. The summed E-state index contributed by atoms with van der Waals surface area (Å²) < 4.78 is 0. The van der Waals surface area contributed by atoms with Gasteiger partial charge >= 0.3 is 6.03 Å². The van der Waals surface area contributed by atoms with Crippen molar-refractivity contribution in [1.82, 2.24) is 15.6 Å². The van der Waals surface area contributed by atoms with Gasteiger partial charge in [-0.25, -0.2) is 4.79 Å². The number of urea groups is 1. The summed E-state index contributed by atoms with van der Waals surface area (Å²) in [6, 6.07) is 11.2. The van der Waals surface area contributed by atoms with Gasteiger partial charge in [0.1, 0.15) is 0 Å². The van der Waals surface area contributed by atoms with Crippen LogP contribution in [0.5, 0.6) is 0 Å². The minimum Gasteiger partial charge on any atom is -0.390 e. The molecule has 2 amide bonds. The van der Waals surface area contributed by atoms with Crippen LogP contribution in [-0.4, -0.2) is 28.8 Å². The zero-order valence-electron chi connectivity index (χ0n) is 14.6. The number of aromatic nitrogens is 1. The van der Waals surface area contributed by atoms with Crippen LogP contribution in [0.1, 0.15) is 42.5 Å². The van der Waals surface area contributed by atoms with Crippen molar-refractivity contribution in [2.45, 2.75) is 38.3 Å². The molecule has 1 unspecified atom stereocenters. The number of rotatable bonds is 5. The SMILES string of the molecule is CC(C)C(CNC(=O)N[C@@H]1c2ccccc2C[C@@H]1O)c1cccnc1. The van der Waals surface area contributed by atoms with Gasteiger partial charge in [0.15, 0.2) is 0 Å². The monoisotopic (exact) mass is 339 g/mol. The molecule has 0 fully saturated rings. The van der Waals surface area contributed by atoms with Gasteiger partial charge in [0.25, 0.3) is 0 Å². The van der Waals surface area contributed by atoms with Crippen molar-refractivity contribution in [2.24, 2.45) is 5.92 Å². The van der Waals surface area contributed by atoms with Gasteiger partial charge in [-0.15, -0.1) is 0 Å². The van der Waals surface area contributed by atoms with Gasteiger partial charge in [-0.2, -0.15) is 0 Å². The molecule has 25 heavy (non-hydrogen) atoms. The number of carbonyl (C=O) groups is 1. The lowest BCUT2D eigenvalue weighted by Gasteiger charge is -2.23. The molecule has 2 aromatic rings. The van der Waals surface area contributed by atoms with Crippen LogP contribution in [0.15, 0.2) is 48.8 Å². The number of aliphatic hydroxyl groups excluding tert-OH is 1. The Labute approximate surface area is 148 Å². The molecule has 3 rings (SSSR count). The molecule has 0 radical (unpaired) electrons.